The van der Waals surface area contributed by atoms with E-state index in [9.17, 15) is 0 Å². The number of nitrogens with zero attached hydrogens (tertiary/aromatic N) is 5. The molecule has 0 amide bonds. The number of aryl methyl sites for hydroxylation is 1. The standard InChI is InChI=1S/C56H40FN5Si/c1-60-47-27-12-11-26-46(47)59-56(60)40-19-17-18-38(34-40)55(57)39-31-32-44-45-36-53-51(37-50(45)62(49(44)35-39)54-30-15-16-33-58-54)61(41-20-5-2-6-21-41)48-28-13-14-29-52(48)63(53,42-22-7-3-8-23-42)43-24-9-4-10-25-43/h2-37,55H,1H3. The van der Waals surface area contributed by atoms with Crippen molar-refractivity contribution < 1.29 is 4.39 Å². The van der Waals surface area contributed by atoms with Crippen LogP contribution in [-0.4, -0.2) is 27.2 Å². The van der Waals surface area contributed by atoms with Crippen LogP contribution in [0.5, 0.6) is 0 Å². The van der Waals surface area contributed by atoms with Gasteiger partial charge in [-0.1, -0.05) is 146 Å². The SMILES string of the molecule is Cn1c(-c2cccc(C(F)c3ccc4c5cc6c(cc5n(-c5ccccn5)c4c3)N(c3ccccc3)c3ccccc3[Si]6(c3ccccc3)c3ccccc3)c2)nc2ccccc21. The summed E-state index contributed by atoms with van der Waals surface area (Å²) in [5.41, 5.74) is 9.24. The molecular weight excluding hydrogens is 790 g/mol. The second-order valence-electron chi connectivity index (χ2n) is 16.3. The molecular formula is C56H40FN5Si. The summed E-state index contributed by atoms with van der Waals surface area (Å²) in [6, 6.07) is 74.5. The van der Waals surface area contributed by atoms with E-state index in [2.05, 4.69) is 154 Å². The molecule has 4 heterocycles. The Labute approximate surface area is 365 Å². The number of alkyl halides is 1. The number of halogens is 1. The molecule has 11 aromatic rings. The van der Waals surface area contributed by atoms with Crippen molar-refractivity contribution in [3.8, 4) is 17.2 Å². The largest absolute Gasteiger partial charge is 0.327 e. The molecule has 5 nitrogen and oxygen atoms in total. The van der Waals surface area contributed by atoms with Crippen molar-refractivity contribution in [3.63, 3.8) is 0 Å². The Morgan fingerprint density at radius 1 is 0.508 bits per heavy atom. The minimum Gasteiger partial charge on any atom is -0.327 e. The highest BCUT2D eigenvalue weighted by Gasteiger charge is 2.49. The van der Waals surface area contributed by atoms with E-state index < -0.39 is 14.2 Å². The highest BCUT2D eigenvalue weighted by molar-refractivity contribution is 7.21. The Morgan fingerprint density at radius 2 is 1.17 bits per heavy atom. The van der Waals surface area contributed by atoms with Crippen molar-refractivity contribution in [1.29, 1.82) is 0 Å². The highest BCUT2D eigenvalue weighted by Crippen LogP contribution is 2.43. The Balaban J connectivity index is 1.13. The zero-order chi connectivity index (χ0) is 42.1. The molecule has 0 N–H and O–H groups in total. The van der Waals surface area contributed by atoms with Gasteiger partial charge in [0.05, 0.1) is 22.1 Å². The third kappa shape index (κ3) is 5.67. The van der Waals surface area contributed by atoms with Crippen LogP contribution in [-0.2, 0) is 7.05 Å². The minimum atomic E-state index is -2.98. The summed E-state index contributed by atoms with van der Waals surface area (Å²) in [7, 11) is -0.970. The molecule has 0 saturated carbocycles. The molecule has 300 valence electrons. The lowest BCUT2D eigenvalue weighted by molar-refractivity contribution is 0.402. The number of hydrogen-bond donors (Lipinski definition) is 0. The third-order valence-electron chi connectivity index (χ3n) is 12.9. The van der Waals surface area contributed by atoms with E-state index in [4.69, 9.17) is 9.97 Å². The van der Waals surface area contributed by atoms with Crippen LogP contribution in [0.25, 0.3) is 50.0 Å². The average molecular weight is 830 g/mol. The van der Waals surface area contributed by atoms with Crippen molar-refractivity contribution in [3.05, 3.63) is 230 Å². The molecule has 1 aliphatic rings. The van der Waals surface area contributed by atoms with Gasteiger partial charge < -0.3 is 9.47 Å². The van der Waals surface area contributed by atoms with Gasteiger partial charge in [-0.2, -0.15) is 0 Å². The van der Waals surface area contributed by atoms with Gasteiger partial charge in [0.25, 0.3) is 0 Å². The first-order valence-corrected chi connectivity index (χ1v) is 23.4. The van der Waals surface area contributed by atoms with E-state index >= 15 is 4.39 Å². The molecule has 12 rings (SSSR count). The number of aromatic nitrogens is 4. The normalized spacial score (nSPS) is 13.6. The molecule has 0 fully saturated rings. The van der Waals surface area contributed by atoms with Gasteiger partial charge in [0.2, 0.25) is 0 Å². The second kappa shape index (κ2) is 14.6. The first-order valence-electron chi connectivity index (χ1n) is 21.4. The van der Waals surface area contributed by atoms with Gasteiger partial charge in [0, 0.05) is 46.6 Å². The van der Waals surface area contributed by atoms with Crippen LogP contribution in [0.4, 0.5) is 21.5 Å². The first-order chi connectivity index (χ1) is 31.1. The van der Waals surface area contributed by atoms with E-state index in [0.717, 1.165) is 61.4 Å². The molecule has 0 aliphatic carbocycles. The molecule has 63 heavy (non-hydrogen) atoms. The lowest BCUT2D eigenvalue weighted by Crippen LogP contribution is -2.77. The van der Waals surface area contributed by atoms with Crippen LogP contribution in [0.2, 0.25) is 0 Å². The lowest BCUT2D eigenvalue weighted by atomic mass is 9.99. The molecule has 8 aromatic carbocycles. The smallest absolute Gasteiger partial charge is 0.184 e. The monoisotopic (exact) mass is 829 g/mol. The predicted octanol–water partition coefficient (Wildman–Crippen LogP) is 11.0. The minimum absolute atomic E-state index is 0.574. The maximum absolute atomic E-state index is 17.2. The number of fused-ring (bicyclic) bond motifs is 6. The molecule has 1 atom stereocenters. The van der Waals surface area contributed by atoms with E-state index in [1.54, 1.807) is 0 Å². The van der Waals surface area contributed by atoms with E-state index in [0.29, 0.717) is 11.1 Å². The quantitative estimate of drug-likeness (QED) is 0.150. The summed E-state index contributed by atoms with van der Waals surface area (Å²) >= 11 is 0. The van der Waals surface area contributed by atoms with Crippen LogP contribution < -0.4 is 25.6 Å². The van der Waals surface area contributed by atoms with Gasteiger partial charge in [-0.3, -0.25) is 4.57 Å². The van der Waals surface area contributed by atoms with Crippen LogP contribution in [0.15, 0.2) is 219 Å². The zero-order valence-corrected chi connectivity index (χ0v) is 35.5. The molecule has 0 radical (unpaired) electrons. The van der Waals surface area contributed by atoms with Crippen molar-refractivity contribution in [2.45, 2.75) is 6.17 Å². The van der Waals surface area contributed by atoms with Crippen molar-refractivity contribution in [2.24, 2.45) is 7.05 Å². The lowest BCUT2D eigenvalue weighted by Gasteiger charge is -2.45. The molecule has 0 saturated heterocycles. The van der Waals surface area contributed by atoms with Gasteiger partial charge in [0.15, 0.2) is 14.2 Å². The van der Waals surface area contributed by atoms with E-state index in [1.807, 2.05) is 86.0 Å². The molecule has 0 bridgehead atoms. The Bertz CT molecular complexity index is 3460. The number of imidazole rings is 1. The summed E-state index contributed by atoms with van der Waals surface area (Å²) in [6.45, 7) is 0. The summed E-state index contributed by atoms with van der Waals surface area (Å²) in [4.78, 5) is 12.3. The fourth-order valence-corrected chi connectivity index (χ4v) is 15.3. The molecule has 7 heteroatoms. The summed E-state index contributed by atoms with van der Waals surface area (Å²) in [5.74, 6) is 1.57. The van der Waals surface area contributed by atoms with Crippen molar-refractivity contribution in [2.75, 3.05) is 4.90 Å². The van der Waals surface area contributed by atoms with Gasteiger partial charge in [-0.15, -0.1) is 0 Å². The maximum Gasteiger partial charge on any atom is 0.184 e. The summed E-state index contributed by atoms with van der Waals surface area (Å²) < 4.78 is 21.5. The predicted molar refractivity (Wildman–Crippen MR) is 260 cm³/mol. The summed E-state index contributed by atoms with van der Waals surface area (Å²) in [5, 5.41) is 7.38. The Morgan fingerprint density at radius 3 is 1.92 bits per heavy atom. The Hall–Kier alpha value is -7.87. The fourth-order valence-electron chi connectivity index (χ4n) is 10.2. The first kappa shape index (κ1) is 36.9. The van der Waals surface area contributed by atoms with Crippen LogP contribution in [0.3, 0.4) is 0 Å². The average Bonchev–Trinajstić information content (AvgIpc) is 3.86. The van der Waals surface area contributed by atoms with Crippen molar-refractivity contribution in [1.82, 2.24) is 19.1 Å². The van der Waals surface area contributed by atoms with Gasteiger partial charge in [-0.25, -0.2) is 14.4 Å². The van der Waals surface area contributed by atoms with E-state index in [-0.39, 0.29) is 0 Å². The number of pyridine rings is 1. The third-order valence-corrected chi connectivity index (χ3v) is 17.8. The molecule has 3 aromatic heterocycles. The molecule has 1 unspecified atom stereocenters. The second-order valence-corrected chi connectivity index (χ2v) is 20.1. The topological polar surface area (TPSA) is 38.9 Å². The van der Waals surface area contributed by atoms with Crippen LogP contribution in [0.1, 0.15) is 17.3 Å². The fraction of sp³-hybridized carbons (Fsp3) is 0.0357. The number of benzene rings is 8. The zero-order valence-electron chi connectivity index (χ0n) is 34.5. The number of rotatable bonds is 7. The highest BCUT2D eigenvalue weighted by atomic mass is 28.3. The van der Waals surface area contributed by atoms with Crippen LogP contribution in [0, 0.1) is 0 Å². The molecule has 1 aliphatic heterocycles. The summed E-state index contributed by atoms with van der Waals surface area (Å²) in [6.07, 6.45) is 0.446. The van der Waals surface area contributed by atoms with Crippen LogP contribution >= 0.6 is 0 Å². The van der Waals surface area contributed by atoms with E-state index in [1.165, 1.54) is 26.4 Å². The Kier molecular flexibility index (Phi) is 8.59. The van der Waals surface area contributed by atoms with Gasteiger partial charge in [-0.05, 0) is 98.6 Å². The van der Waals surface area contributed by atoms with Gasteiger partial charge >= 0.3 is 0 Å². The number of hydrogen-bond acceptors (Lipinski definition) is 3. The van der Waals surface area contributed by atoms with Gasteiger partial charge in [0.1, 0.15) is 11.6 Å². The number of para-hydroxylation sites is 4. The van der Waals surface area contributed by atoms with Crippen molar-refractivity contribution >= 4 is 78.7 Å². The molecule has 0 spiro atoms. The number of anilines is 3. The maximum atomic E-state index is 17.2.